The first-order valence-electron chi connectivity index (χ1n) is 5.19. The smallest absolute Gasteiger partial charge is 0.0849 e. The molecule has 84 valence electrons. The Balaban J connectivity index is 2.22. The second kappa shape index (κ2) is 4.99. The fourth-order valence-electron chi connectivity index (χ4n) is 1.36. The van der Waals surface area contributed by atoms with Crippen LogP contribution < -0.4 is 5.32 Å². The van der Waals surface area contributed by atoms with Gasteiger partial charge in [0.2, 0.25) is 0 Å². The minimum absolute atomic E-state index is 0.618. The number of nitrogens with zero attached hydrogens (tertiary/aromatic N) is 3. The number of nitrogens with one attached hydrogen (secondary N) is 1. The molecule has 0 amide bonds. The Kier molecular flexibility index (Phi) is 3.41. The van der Waals surface area contributed by atoms with Crippen molar-refractivity contribution in [2.24, 2.45) is 0 Å². The zero-order chi connectivity index (χ0) is 11.4. The summed E-state index contributed by atoms with van der Waals surface area (Å²) in [5, 5.41) is 8.02. The maximum absolute atomic E-state index is 5.81. The van der Waals surface area contributed by atoms with Gasteiger partial charge in [-0.1, -0.05) is 18.5 Å². The van der Waals surface area contributed by atoms with Crippen LogP contribution in [-0.2, 0) is 0 Å². The summed E-state index contributed by atoms with van der Waals surface area (Å²) in [6.45, 7) is 3.06. The summed E-state index contributed by atoms with van der Waals surface area (Å²) in [6, 6.07) is 1.99. The third kappa shape index (κ3) is 2.52. The van der Waals surface area contributed by atoms with E-state index in [1.807, 2.05) is 6.07 Å². The van der Waals surface area contributed by atoms with E-state index in [-0.39, 0.29) is 0 Å². The molecule has 0 unspecified atom stereocenters. The lowest BCUT2D eigenvalue weighted by molar-refractivity contribution is 0.873. The summed E-state index contributed by atoms with van der Waals surface area (Å²) in [5.41, 5.74) is 1.89. The van der Waals surface area contributed by atoms with E-state index in [1.54, 1.807) is 29.5 Å². The van der Waals surface area contributed by atoms with Gasteiger partial charge in [0.15, 0.2) is 0 Å². The standard InChI is InChI=1S/C11H13ClN4/c1-2-3-14-10-4-11(7-13-6-10)16-8-9(12)5-15-16/h4-8,14H,2-3H2,1H3. The van der Waals surface area contributed by atoms with Crippen molar-refractivity contribution in [3.63, 3.8) is 0 Å². The molecule has 2 heterocycles. The molecule has 4 nitrogen and oxygen atoms in total. The first-order valence-corrected chi connectivity index (χ1v) is 5.57. The highest BCUT2D eigenvalue weighted by Gasteiger charge is 2.00. The number of halogens is 1. The van der Waals surface area contributed by atoms with Gasteiger partial charge in [-0.25, -0.2) is 4.68 Å². The predicted molar refractivity (Wildman–Crippen MR) is 65.1 cm³/mol. The van der Waals surface area contributed by atoms with Gasteiger partial charge in [0, 0.05) is 12.7 Å². The van der Waals surface area contributed by atoms with Gasteiger partial charge in [-0.2, -0.15) is 5.10 Å². The van der Waals surface area contributed by atoms with Gasteiger partial charge in [-0.15, -0.1) is 0 Å². The zero-order valence-electron chi connectivity index (χ0n) is 9.02. The minimum atomic E-state index is 0.618. The van der Waals surface area contributed by atoms with Crippen molar-refractivity contribution >= 4 is 17.3 Å². The number of anilines is 1. The fraction of sp³-hybridized carbons (Fsp3) is 0.273. The van der Waals surface area contributed by atoms with Crippen molar-refractivity contribution in [3.05, 3.63) is 35.9 Å². The van der Waals surface area contributed by atoms with Crippen LogP contribution in [0, 0.1) is 0 Å². The Bertz CT molecular complexity index is 467. The Morgan fingerprint density at radius 1 is 1.38 bits per heavy atom. The van der Waals surface area contributed by atoms with Crippen LogP contribution in [0.2, 0.25) is 5.02 Å². The minimum Gasteiger partial charge on any atom is -0.384 e. The number of hydrogen-bond acceptors (Lipinski definition) is 3. The highest BCUT2D eigenvalue weighted by atomic mass is 35.5. The molecule has 0 atom stereocenters. The molecule has 0 bridgehead atoms. The molecule has 2 rings (SSSR count). The average molecular weight is 237 g/mol. The molecule has 0 radical (unpaired) electrons. The molecule has 0 aliphatic rings. The molecule has 0 aliphatic carbocycles. The third-order valence-corrected chi connectivity index (χ3v) is 2.31. The van der Waals surface area contributed by atoms with Crippen molar-refractivity contribution in [1.82, 2.24) is 14.8 Å². The van der Waals surface area contributed by atoms with E-state index >= 15 is 0 Å². The molecule has 2 aromatic heterocycles. The summed E-state index contributed by atoms with van der Waals surface area (Å²) >= 11 is 5.81. The maximum atomic E-state index is 5.81. The summed E-state index contributed by atoms with van der Waals surface area (Å²) < 4.78 is 1.70. The van der Waals surface area contributed by atoms with Gasteiger partial charge in [-0.3, -0.25) is 4.98 Å². The van der Waals surface area contributed by atoms with Crippen LogP contribution in [0.5, 0.6) is 0 Å². The number of hydrogen-bond donors (Lipinski definition) is 1. The van der Waals surface area contributed by atoms with Crippen LogP contribution in [0.25, 0.3) is 5.69 Å². The normalized spacial score (nSPS) is 10.4. The molecule has 2 aromatic rings. The third-order valence-electron chi connectivity index (χ3n) is 2.12. The molecule has 0 aliphatic heterocycles. The van der Waals surface area contributed by atoms with Crippen molar-refractivity contribution in [2.75, 3.05) is 11.9 Å². The fourth-order valence-corrected chi connectivity index (χ4v) is 1.50. The van der Waals surface area contributed by atoms with E-state index in [0.29, 0.717) is 5.02 Å². The molecular weight excluding hydrogens is 224 g/mol. The number of pyridine rings is 1. The summed E-state index contributed by atoms with van der Waals surface area (Å²) in [6.07, 6.45) is 7.98. The van der Waals surface area contributed by atoms with E-state index in [0.717, 1.165) is 24.3 Å². The monoisotopic (exact) mass is 236 g/mol. The quantitative estimate of drug-likeness (QED) is 0.888. The Morgan fingerprint density at radius 3 is 2.94 bits per heavy atom. The summed E-state index contributed by atoms with van der Waals surface area (Å²) in [7, 11) is 0. The van der Waals surface area contributed by atoms with Gasteiger partial charge < -0.3 is 5.32 Å². The van der Waals surface area contributed by atoms with Crippen molar-refractivity contribution < 1.29 is 0 Å². The van der Waals surface area contributed by atoms with Crippen LogP contribution in [0.1, 0.15) is 13.3 Å². The highest BCUT2D eigenvalue weighted by Crippen LogP contribution is 2.14. The second-order valence-corrected chi connectivity index (χ2v) is 3.90. The van der Waals surface area contributed by atoms with E-state index in [1.165, 1.54) is 0 Å². The van der Waals surface area contributed by atoms with Gasteiger partial charge >= 0.3 is 0 Å². The Labute approximate surface area is 99.3 Å². The van der Waals surface area contributed by atoms with Crippen LogP contribution in [0.15, 0.2) is 30.9 Å². The van der Waals surface area contributed by atoms with Crippen LogP contribution in [0.3, 0.4) is 0 Å². The SMILES string of the molecule is CCCNc1cncc(-n2cc(Cl)cn2)c1. The van der Waals surface area contributed by atoms with E-state index in [9.17, 15) is 0 Å². The molecule has 0 fully saturated rings. The average Bonchev–Trinajstić information content (AvgIpc) is 2.74. The molecule has 0 aromatic carbocycles. The van der Waals surface area contributed by atoms with Crippen LogP contribution >= 0.6 is 11.6 Å². The lowest BCUT2D eigenvalue weighted by Crippen LogP contribution is -2.02. The molecule has 0 saturated heterocycles. The molecule has 5 heteroatoms. The second-order valence-electron chi connectivity index (χ2n) is 3.46. The molecule has 16 heavy (non-hydrogen) atoms. The maximum Gasteiger partial charge on any atom is 0.0849 e. The van der Waals surface area contributed by atoms with Crippen LogP contribution in [-0.4, -0.2) is 21.3 Å². The first-order chi connectivity index (χ1) is 7.79. The van der Waals surface area contributed by atoms with Crippen molar-refractivity contribution in [1.29, 1.82) is 0 Å². The van der Waals surface area contributed by atoms with Crippen LogP contribution in [0.4, 0.5) is 5.69 Å². The summed E-state index contributed by atoms with van der Waals surface area (Å²) in [4.78, 5) is 4.16. The lowest BCUT2D eigenvalue weighted by Gasteiger charge is -2.06. The van der Waals surface area contributed by atoms with E-state index < -0.39 is 0 Å². The van der Waals surface area contributed by atoms with Crippen molar-refractivity contribution in [3.8, 4) is 5.69 Å². The molecule has 1 N–H and O–H groups in total. The van der Waals surface area contributed by atoms with Gasteiger partial charge in [0.25, 0.3) is 0 Å². The molecule has 0 saturated carbocycles. The predicted octanol–water partition coefficient (Wildman–Crippen LogP) is 2.74. The van der Waals surface area contributed by atoms with E-state index in [2.05, 4.69) is 22.3 Å². The topological polar surface area (TPSA) is 42.7 Å². The zero-order valence-corrected chi connectivity index (χ0v) is 9.78. The van der Waals surface area contributed by atoms with Gasteiger partial charge in [0.1, 0.15) is 0 Å². The van der Waals surface area contributed by atoms with Crippen molar-refractivity contribution in [2.45, 2.75) is 13.3 Å². The lowest BCUT2D eigenvalue weighted by atomic mass is 10.3. The van der Waals surface area contributed by atoms with Gasteiger partial charge in [0.05, 0.1) is 35.0 Å². The highest BCUT2D eigenvalue weighted by molar-refractivity contribution is 6.30. The Morgan fingerprint density at radius 2 is 2.25 bits per heavy atom. The number of rotatable bonds is 4. The first kappa shape index (κ1) is 11.0. The molecule has 0 spiro atoms. The number of aromatic nitrogens is 3. The largest absolute Gasteiger partial charge is 0.384 e. The van der Waals surface area contributed by atoms with E-state index in [4.69, 9.17) is 11.6 Å². The Hall–Kier alpha value is -1.55. The molecular formula is C11H13ClN4. The van der Waals surface area contributed by atoms with Gasteiger partial charge in [-0.05, 0) is 12.5 Å². The summed E-state index contributed by atoms with van der Waals surface area (Å²) in [5.74, 6) is 0.